The van der Waals surface area contributed by atoms with Gasteiger partial charge in [0.2, 0.25) is 0 Å². The molecular formula is C14H17Cl2NO2. The van der Waals surface area contributed by atoms with Crippen LogP contribution in [-0.2, 0) is 11.3 Å². The minimum absolute atomic E-state index is 0.421. The van der Waals surface area contributed by atoms with E-state index in [-0.39, 0.29) is 0 Å². The molecule has 2 rings (SSSR count). The Bertz CT molecular complexity index is 479. The van der Waals surface area contributed by atoms with Crippen molar-refractivity contribution in [3.63, 3.8) is 0 Å². The van der Waals surface area contributed by atoms with E-state index in [0.29, 0.717) is 28.9 Å². The maximum atomic E-state index is 11.3. The van der Waals surface area contributed by atoms with Crippen molar-refractivity contribution in [2.45, 2.75) is 32.4 Å². The molecule has 0 aromatic heterocycles. The minimum Gasteiger partial charge on any atom is -0.480 e. The van der Waals surface area contributed by atoms with E-state index >= 15 is 0 Å². The van der Waals surface area contributed by atoms with Crippen molar-refractivity contribution in [1.82, 2.24) is 4.90 Å². The molecule has 1 N–H and O–H groups in total. The Morgan fingerprint density at radius 1 is 1.47 bits per heavy atom. The number of halogens is 2. The van der Waals surface area contributed by atoms with Gasteiger partial charge in [-0.3, -0.25) is 9.69 Å². The van der Waals surface area contributed by atoms with Crippen LogP contribution in [0.5, 0.6) is 0 Å². The molecule has 1 aliphatic rings. The summed E-state index contributed by atoms with van der Waals surface area (Å²) >= 11 is 12.0. The van der Waals surface area contributed by atoms with E-state index in [1.54, 1.807) is 12.1 Å². The lowest BCUT2D eigenvalue weighted by Crippen LogP contribution is -2.46. The number of carboxylic acids is 1. The summed E-state index contributed by atoms with van der Waals surface area (Å²) in [7, 11) is 0. The van der Waals surface area contributed by atoms with Crippen LogP contribution in [0.15, 0.2) is 18.2 Å². The van der Waals surface area contributed by atoms with E-state index in [1.165, 1.54) is 0 Å². The van der Waals surface area contributed by atoms with Crippen LogP contribution in [0.1, 0.15) is 25.3 Å². The predicted molar refractivity (Wildman–Crippen MR) is 76.7 cm³/mol. The zero-order valence-electron chi connectivity index (χ0n) is 10.8. The zero-order valence-corrected chi connectivity index (χ0v) is 12.3. The molecule has 0 aliphatic carbocycles. The molecule has 3 nitrogen and oxygen atoms in total. The fraction of sp³-hybridized carbons (Fsp3) is 0.500. The van der Waals surface area contributed by atoms with Gasteiger partial charge in [-0.1, -0.05) is 36.2 Å². The molecule has 1 aliphatic heterocycles. The average molecular weight is 302 g/mol. The Kier molecular flexibility index (Phi) is 4.71. The molecular weight excluding hydrogens is 285 g/mol. The lowest BCUT2D eigenvalue weighted by molar-refractivity contribution is -0.145. The summed E-state index contributed by atoms with van der Waals surface area (Å²) in [6, 6.07) is 4.92. The van der Waals surface area contributed by atoms with Crippen molar-refractivity contribution in [3.8, 4) is 0 Å². The van der Waals surface area contributed by atoms with Gasteiger partial charge in [0.15, 0.2) is 0 Å². The number of likely N-dealkylation sites (tertiary alicyclic amines) is 1. The molecule has 104 valence electrons. The molecule has 0 bridgehead atoms. The molecule has 1 saturated heterocycles. The SMILES string of the molecule is CC1CCN(Cc2ccc(Cl)cc2Cl)C(C(=O)O)C1. The average Bonchev–Trinajstić information content (AvgIpc) is 2.34. The van der Waals surface area contributed by atoms with Gasteiger partial charge in [-0.25, -0.2) is 0 Å². The van der Waals surface area contributed by atoms with E-state index in [4.69, 9.17) is 23.2 Å². The summed E-state index contributed by atoms with van der Waals surface area (Å²) in [5.41, 5.74) is 0.923. The van der Waals surface area contributed by atoms with E-state index in [9.17, 15) is 9.90 Å². The van der Waals surface area contributed by atoms with Crippen molar-refractivity contribution in [2.75, 3.05) is 6.54 Å². The lowest BCUT2D eigenvalue weighted by atomic mass is 9.92. The van der Waals surface area contributed by atoms with Crippen molar-refractivity contribution >= 4 is 29.2 Å². The molecule has 0 amide bonds. The maximum absolute atomic E-state index is 11.3. The van der Waals surface area contributed by atoms with Crippen molar-refractivity contribution in [1.29, 1.82) is 0 Å². The molecule has 5 heteroatoms. The van der Waals surface area contributed by atoms with Gasteiger partial charge in [0.25, 0.3) is 0 Å². The standard InChI is InChI=1S/C14H17Cl2NO2/c1-9-4-5-17(13(6-9)14(18)19)8-10-2-3-11(15)7-12(10)16/h2-3,7,9,13H,4-6,8H2,1H3,(H,18,19). The Hall–Kier alpha value is -0.770. The number of piperidine rings is 1. The van der Waals surface area contributed by atoms with Gasteiger partial charge in [0, 0.05) is 16.6 Å². The molecule has 0 spiro atoms. The molecule has 0 radical (unpaired) electrons. The first-order valence-electron chi connectivity index (χ1n) is 6.38. The highest BCUT2D eigenvalue weighted by Crippen LogP contribution is 2.27. The fourth-order valence-corrected chi connectivity index (χ4v) is 2.97. The monoisotopic (exact) mass is 301 g/mol. The van der Waals surface area contributed by atoms with E-state index < -0.39 is 12.0 Å². The Balaban J connectivity index is 2.14. The number of benzene rings is 1. The third-order valence-corrected chi connectivity index (χ3v) is 4.24. The number of hydrogen-bond donors (Lipinski definition) is 1. The zero-order chi connectivity index (χ0) is 14.0. The van der Waals surface area contributed by atoms with Gasteiger partial charge < -0.3 is 5.11 Å². The Labute approximate surface area is 123 Å². The van der Waals surface area contributed by atoms with Gasteiger partial charge in [0.1, 0.15) is 6.04 Å². The first-order valence-corrected chi connectivity index (χ1v) is 7.13. The number of nitrogens with zero attached hydrogens (tertiary/aromatic N) is 1. The fourth-order valence-electron chi connectivity index (χ4n) is 2.51. The maximum Gasteiger partial charge on any atom is 0.320 e. The number of carbonyl (C=O) groups is 1. The Morgan fingerprint density at radius 2 is 2.21 bits per heavy atom. The smallest absolute Gasteiger partial charge is 0.320 e. The number of hydrogen-bond acceptors (Lipinski definition) is 2. The second kappa shape index (κ2) is 6.12. The van der Waals surface area contributed by atoms with Gasteiger partial charge in [-0.05, 0) is 43.0 Å². The third kappa shape index (κ3) is 3.62. The highest BCUT2D eigenvalue weighted by atomic mass is 35.5. The summed E-state index contributed by atoms with van der Waals surface area (Å²) in [4.78, 5) is 13.3. The van der Waals surface area contributed by atoms with E-state index in [0.717, 1.165) is 18.5 Å². The van der Waals surface area contributed by atoms with E-state index in [2.05, 4.69) is 6.92 Å². The second-order valence-corrected chi connectivity index (χ2v) is 6.03. The van der Waals surface area contributed by atoms with Crippen LogP contribution in [0.2, 0.25) is 10.0 Å². The van der Waals surface area contributed by atoms with Crippen molar-refractivity contribution in [2.24, 2.45) is 5.92 Å². The van der Waals surface area contributed by atoms with Crippen LogP contribution in [0, 0.1) is 5.92 Å². The number of aliphatic carboxylic acids is 1. The highest BCUT2D eigenvalue weighted by molar-refractivity contribution is 6.35. The minimum atomic E-state index is -0.753. The summed E-state index contributed by atoms with van der Waals surface area (Å²) in [6.45, 7) is 3.44. The molecule has 1 heterocycles. The molecule has 1 aromatic carbocycles. The van der Waals surface area contributed by atoms with Gasteiger partial charge >= 0.3 is 5.97 Å². The summed E-state index contributed by atoms with van der Waals surface area (Å²) in [5, 5.41) is 10.5. The van der Waals surface area contributed by atoms with Crippen LogP contribution in [0.25, 0.3) is 0 Å². The summed E-state index contributed by atoms with van der Waals surface area (Å²) < 4.78 is 0. The number of carboxylic acid groups (broad SMARTS) is 1. The molecule has 19 heavy (non-hydrogen) atoms. The van der Waals surface area contributed by atoms with Crippen LogP contribution >= 0.6 is 23.2 Å². The van der Waals surface area contributed by atoms with Gasteiger partial charge in [-0.2, -0.15) is 0 Å². The topological polar surface area (TPSA) is 40.5 Å². The molecule has 1 aromatic rings. The summed E-state index contributed by atoms with van der Waals surface area (Å²) in [5.74, 6) is -0.297. The van der Waals surface area contributed by atoms with Gasteiger partial charge in [0.05, 0.1) is 0 Å². The predicted octanol–water partition coefficient (Wildman–Crippen LogP) is 3.68. The Morgan fingerprint density at radius 3 is 2.84 bits per heavy atom. The van der Waals surface area contributed by atoms with E-state index in [1.807, 2.05) is 11.0 Å². The quantitative estimate of drug-likeness (QED) is 0.926. The molecule has 2 unspecified atom stereocenters. The second-order valence-electron chi connectivity index (χ2n) is 5.19. The molecule has 0 saturated carbocycles. The van der Waals surface area contributed by atoms with Crippen LogP contribution in [-0.4, -0.2) is 28.6 Å². The third-order valence-electron chi connectivity index (χ3n) is 3.65. The van der Waals surface area contributed by atoms with Crippen LogP contribution < -0.4 is 0 Å². The molecule has 1 fully saturated rings. The number of rotatable bonds is 3. The summed E-state index contributed by atoms with van der Waals surface area (Å²) in [6.07, 6.45) is 1.72. The normalized spacial score (nSPS) is 24.4. The molecule has 2 atom stereocenters. The van der Waals surface area contributed by atoms with Gasteiger partial charge in [-0.15, -0.1) is 0 Å². The first-order chi connectivity index (χ1) is 8.97. The van der Waals surface area contributed by atoms with Crippen LogP contribution in [0.3, 0.4) is 0 Å². The lowest BCUT2D eigenvalue weighted by Gasteiger charge is -2.36. The van der Waals surface area contributed by atoms with Crippen LogP contribution in [0.4, 0.5) is 0 Å². The van der Waals surface area contributed by atoms with Crippen molar-refractivity contribution in [3.05, 3.63) is 33.8 Å². The van der Waals surface area contributed by atoms with Crippen molar-refractivity contribution < 1.29 is 9.90 Å². The first kappa shape index (κ1) is 14.6. The largest absolute Gasteiger partial charge is 0.480 e. The highest BCUT2D eigenvalue weighted by Gasteiger charge is 2.31.